The number of aliphatic hydroxyl groups is 1. The SMILES string of the molecule is C=CCN(C(=O)C1N([C@@H](CO)C(C)C)C(=O)[C@@H]2[C@H](C(=O)N(CC=C)c3ccccc3)[C@@H]3CCC12S3)c1ccc2ccccc2c1. The van der Waals surface area contributed by atoms with E-state index in [9.17, 15) is 14.7 Å². The molecule has 3 amide bonds. The zero-order chi connectivity index (χ0) is 31.9. The number of carbonyl (C=O) groups is 3. The lowest BCUT2D eigenvalue weighted by molar-refractivity contribution is -0.142. The van der Waals surface area contributed by atoms with Gasteiger partial charge in [-0.15, -0.1) is 24.9 Å². The van der Waals surface area contributed by atoms with E-state index in [1.807, 2.05) is 86.6 Å². The summed E-state index contributed by atoms with van der Waals surface area (Å²) in [5, 5.41) is 12.6. The zero-order valence-corrected chi connectivity index (χ0v) is 26.7. The molecule has 3 fully saturated rings. The van der Waals surface area contributed by atoms with Gasteiger partial charge in [-0.1, -0.05) is 74.5 Å². The number of carbonyl (C=O) groups excluding carboxylic acids is 3. The standard InChI is InChI=1S/C37H41N3O4S/c1-5-20-38(27-14-8-7-9-15-27)34(42)31-30-18-19-37(45-30)32(31)35(43)40(29(23-41)24(3)4)33(37)36(44)39(21-6-2)28-17-16-25-12-10-11-13-26(25)22-28/h5-17,22,24,29-33,41H,1-2,18-21,23H2,3-4H3/t29-,30-,31+,32-,33?,37?/m0/s1. The van der Waals surface area contributed by atoms with E-state index in [1.165, 1.54) is 0 Å². The van der Waals surface area contributed by atoms with Gasteiger partial charge in [-0.05, 0) is 53.8 Å². The van der Waals surface area contributed by atoms with Gasteiger partial charge in [0.05, 0.1) is 29.2 Å². The molecule has 3 aliphatic rings. The van der Waals surface area contributed by atoms with Crippen molar-refractivity contribution in [2.45, 2.75) is 48.8 Å². The highest BCUT2D eigenvalue weighted by Gasteiger charge is 2.74. The first-order valence-electron chi connectivity index (χ1n) is 15.8. The molecule has 3 aliphatic heterocycles. The molecule has 0 radical (unpaired) electrons. The minimum absolute atomic E-state index is 0.0833. The van der Waals surface area contributed by atoms with Gasteiger partial charge in [-0.3, -0.25) is 14.4 Å². The first-order chi connectivity index (χ1) is 21.8. The summed E-state index contributed by atoms with van der Waals surface area (Å²) < 4.78 is -0.783. The molecule has 1 N–H and O–H groups in total. The van der Waals surface area contributed by atoms with Gasteiger partial charge in [-0.2, -0.15) is 0 Å². The van der Waals surface area contributed by atoms with Crippen molar-refractivity contribution in [3.05, 3.63) is 98.1 Å². The number of aliphatic hydroxyl groups excluding tert-OH is 1. The lowest BCUT2D eigenvalue weighted by Gasteiger charge is -2.40. The molecule has 8 heteroatoms. The van der Waals surface area contributed by atoms with Crippen molar-refractivity contribution in [2.75, 3.05) is 29.5 Å². The number of hydrogen-bond donors (Lipinski definition) is 1. The molecule has 6 atom stereocenters. The van der Waals surface area contributed by atoms with Crippen LogP contribution in [0.3, 0.4) is 0 Å². The van der Waals surface area contributed by atoms with Gasteiger partial charge in [0.15, 0.2) is 0 Å². The second-order valence-electron chi connectivity index (χ2n) is 12.6. The average molecular weight is 624 g/mol. The number of thioether (sulfide) groups is 1. The molecule has 3 aromatic carbocycles. The summed E-state index contributed by atoms with van der Waals surface area (Å²) in [7, 11) is 0. The molecule has 7 nitrogen and oxygen atoms in total. The number of para-hydroxylation sites is 1. The maximum Gasteiger partial charge on any atom is 0.251 e. The zero-order valence-electron chi connectivity index (χ0n) is 25.9. The molecule has 1 spiro atoms. The van der Waals surface area contributed by atoms with Crippen LogP contribution in [0.1, 0.15) is 26.7 Å². The van der Waals surface area contributed by atoms with Crippen LogP contribution < -0.4 is 9.80 Å². The Bertz CT molecular complexity index is 1630. The summed E-state index contributed by atoms with van der Waals surface area (Å²) in [4.78, 5) is 49.3. The predicted molar refractivity (Wildman–Crippen MR) is 182 cm³/mol. The van der Waals surface area contributed by atoms with Gasteiger partial charge in [-0.25, -0.2) is 0 Å². The summed E-state index contributed by atoms with van der Waals surface area (Å²) in [5.74, 6) is -1.89. The number of likely N-dealkylation sites (tertiary alicyclic amines) is 1. The second-order valence-corrected chi connectivity index (χ2v) is 14.2. The third-order valence-electron chi connectivity index (χ3n) is 9.84. The molecule has 0 aliphatic carbocycles. The quantitative estimate of drug-likeness (QED) is 0.278. The van der Waals surface area contributed by atoms with Gasteiger partial charge in [0.1, 0.15) is 6.04 Å². The normalized spacial score (nSPS) is 25.8. The topological polar surface area (TPSA) is 81.2 Å². The van der Waals surface area contributed by atoms with E-state index in [0.717, 1.165) is 28.6 Å². The van der Waals surface area contributed by atoms with Crippen molar-refractivity contribution >= 4 is 51.6 Å². The van der Waals surface area contributed by atoms with E-state index in [2.05, 4.69) is 13.2 Å². The number of fused-ring (bicyclic) bond motifs is 2. The minimum Gasteiger partial charge on any atom is -0.394 e. The Balaban J connectivity index is 1.45. The first kappa shape index (κ1) is 31.1. The van der Waals surface area contributed by atoms with Crippen LogP contribution in [0.4, 0.5) is 11.4 Å². The Morgan fingerprint density at radius 3 is 2.24 bits per heavy atom. The fourth-order valence-corrected chi connectivity index (χ4v) is 10.0. The van der Waals surface area contributed by atoms with Crippen molar-refractivity contribution in [3.63, 3.8) is 0 Å². The summed E-state index contributed by atoms with van der Waals surface area (Å²) in [6, 6.07) is 22.0. The molecular formula is C37H41N3O4S. The molecule has 0 saturated carbocycles. The fraction of sp³-hybridized carbons (Fsp3) is 0.378. The highest BCUT2D eigenvalue weighted by Crippen LogP contribution is 2.67. The van der Waals surface area contributed by atoms with E-state index < -0.39 is 28.7 Å². The molecule has 3 heterocycles. The minimum atomic E-state index is -0.835. The van der Waals surface area contributed by atoms with Crippen molar-refractivity contribution in [1.29, 1.82) is 0 Å². The van der Waals surface area contributed by atoms with Crippen LogP contribution in [0.5, 0.6) is 0 Å². The van der Waals surface area contributed by atoms with Gasteiger partial charge < -0.3 is 19.8 Å². The maximum atomic E-state index is 15.0. The lowest BCUT2D eigenvalue weighted by atomic mass is 9.70. The van der Waals surface area contributed by atoms with E-state index in [-0.39, 0.29) is 42.0 Å². The van der Waals surface area contributed by atoms with Crippen LogP contribution in [0.15, 0.2) is 98.1 Å². The first-order valence-corrected chi connectivity index (χ1v) is 16.6. The molecule has 3 saturated heterocycles. The molecular weight excluding hydrogens is 582 g/mol. The van der Waals surface area contributed by atoms with Crippen molar-refractivity contribution in [1.82, 2.24) is 4.90 Å². The average Bonchev–Trinajstić information content (AvgIpc) is 3.70. The van der Waals surface area contributed by atoms with Gasteiger partial charge in [0.25, 0.3) is 5.91 Å². The van der Waals surface area contributed by atoms with Crippen molar-refractivity contribution in [3.8, 4) is 0 Å². The summed E-state index contributed by atoms with van der Waals surface area (Å²) in [5.41, 5.74) is 1.48. The van der Waals surface area contributed by atoms with Crippen LogP contribution in [0.25, 0.3) is 10.8 Å². The Hall–Kier alpha value is -3.88. The van der Waals surface area contributed by atoms with Crippen molar-refractivity contribution in [2.24, 2.45) is 17.8 Å². The Kier molecular flexibility index (Phi) is 8.63. The number of hydrogen-bond acceptors (Lipinski definition) is 5. The molecule has 2 bridgehead atoms. The predicted octanol–water partition coefficient (Wildman–Crippen LogP) is 5.69. The molecule has 0 aromatic heterocycles. The smallest absolute Gasteiger partial charge is 0.251 e. The monoisotopic (exact) mass is 623 g/mol. The fourth-order valence-electron chi connectivity index (χ4n) is 7.81. The largest absolute Gasteiger partial charge is 0.394 e. The number of amides is 3. The number of benzene rings is 3. The lowest BCUT2D eigenvalue weighted by Crippen LogP contribution is -2.58. The van der Waals surface area contributed by atoms with Gasteiger partial charge in [0, 0.05) is 29.7 Å². The Labute approximate surface area is 269 Å². The second kappa shape index (κ2) is 12.5. The number of rotatable bonds is 11. The van der Waals surface area contributed by atoms with Crippen LogP contribution in [-0.4, -0.2) is 69.5 Å². The highest BCUT2D eigenvalue weighted by molar-refractivity contribution is 8.02. The summed E-state index contributed by atoms with van der Waals surface area (Å²) in [6.07, 6.45) is 4.79. The van der Waals surface area contributed by atoms with Crippen LogP contribution in [-0.2, 0) is 14.4 Å². The number of anilines is 2. The van der Waals surface area contributed by atoms with Gasteiger partial charge >= 0.3 is 0 Å². The van der Waals surface area contributed by atoms with E-state index >= 15 is 4.79 Å². The van der Waals surface area contributed by atoms with Gasteiger partial charge in [0.2, 0.25) is 11.8 Å². The van der Waals surface area contributed by atoms with E-state index in [4.69, 9.17) is 0 Å². The van der Waals surface area contributed by atoms with Crippen LogP contribution in [0.2, 0.25) is 0 Å². The maximum absolute atomic E-state index is 15.0. The molecule has 6 rings (SSSR count). The third-order valence-corrected chi connectivity index (χ3v) is 11.8. The van der Waals surface area contributed by atoms with E-state index in [0.29, 0.717) is 13.0 Å². The number of nitrogens with zero attached hydrogens (tertiary/aromatic N) is 3. The summed E-state index contributed by atoms with van der Waals surface area (Å²) >= 11 is 1.64. The Morgan fingerprint density at radius 1 is 0.956 bits per heavy atom. The molecule has 234 valence electrons. The van der Waals surface area contributed by atoms with Crippen LogP contribution >= 0.6 is 11.8 Å². The van der Waals surface area contributed by atoms with E-state index in [1.54, 1.807) is 38.6 Å². The Morgan fingerprint density at radius 2 is 1.60 bits per heavy atom. The van der Waals surface area contributed by atoms with Crippen LogP contribution in [0, 0.1) is 17.8 Å². The molecule has 3 aromatic rings. The molecule has 2 unspecified atom stereocenters. The molecule has 45 heavy (non-hydrogen) atoms. The highest BCUT2D eigenvalue weighted by atomic mass is 32.2. The van der Waals surface area contributed by atoms with Crippen molar-refractivity contribution < 1.29 is 19.5 Å². The third kappa shape index (κ3) is 5.08. The summed E-state index contributed by atoms with van der Waals surface area (Å²) in [6.45, 7) is 12.1.